The van der Waals surface area contributed by atoms with Crippen molar-refractivity contribution in [2.24, 2.45) is 0 Å². The Balaban J connectivity index is 1.69. The number of aromatic nitrogens is 3. The molecule has 1 unspecified atom stereocenters. The van der Waals surface area contributed by atoms with Gasteiger partial charge < -0.3 is 14.5 Å². The van der Waals surface area contributed by atoms with Crippen molar-refractivity contribution < 1.29 is 4.74 Å². The first-order chi connectivity index (χ1) is 9.76. The third kappa shape index (κ3) is 2.94. The van der Waals surface area contributed by atoms with Gasteiger partial charge in [0, 0.05) is 38.2 Å². The number of likely N-dealkylation sites (N-methyl/N-ethyl adjacent to an activating group) is 1. The predicted octanol–water partition coefficient (Wildman–Crippen LogP) is 1.62. The van der Waals surface area contributed by atoms with Crippen molar-refractivity contribution in [1.29, 1.82) is 0 Å². The second-order valence-corrected chi connectivity index (χ2v) is 5.65. The highest BCUT2D eigenvalue weighted by Crippen LogP contribution is 2.17. The lowest BCUT2D eigenvalue weighted by Crippen LogP contribution is -2.45. The van der Waals surface area contributed by atoms with Gasteiger partial charge in [-0.1, -0.05) is 6.92 Å². The first-order valence-electron chi connectivity index (χ1n) is 6.83. The zero-order valence-corrected chi connectivity index (χ0v) is 13.0. The topological polar surface area (TPSA) is 54.7 Å². The van der Waals surface area contributed by atoms with Gasteiger partial charge in [0.15, 0.2) is 11.5 Å². The third-order valence-electron chi connectivity index (χ3n) is 3.51. The van der Waals surface area contributed by atoms with Crippen LogP contribution in [0.25, 0.3) is 5.65 Å². The average Bonchev–Trinajstić information content (AvgIpc) is 2.93. The summed E-state index contributed by atoms with van der Waals surface area (Å²) < 4.78 is 8.51. The number of halogens is 1. The summed E-state index contributed by atoms with van der Waals surface area (Å²) in [7, 11) is 0. The number of ether oxygens (including phenoxy) is 1. The van der Waals surface area contributed by atoms with E-state index >= 15 is 0 Å². The summed E-state index contributed by atoms with van der Waals surface area (Å²) in [6, 6.07) is 0. The van der Waals surface area contributed by atoms with E-state index in [9.17, 15) is 0 Å². The highest BCUT2D eigenvalue weighted by Gasteiger charge is 2.19. The second-order valence-electron chi connectivity index (χ2n) is 4.84. The molecule has 3 rings (SSSR count). The SMILES string of the molecule is CCN1CCOC(CNc2nc(Br)cn3ccnc23)C1. The molecule has 0 aliphatic carbocycles. The Hall–Kier alpha value is -1.18. The minimum absolute atomic E-state index is 0.194. The Morgan fingerprint density at radius 1 is 1.55 bits per heavy atom. The van der Waals surface area contributed by atoms with Crippen molar-refractivity contribution in [2.75, 3.05) is 38.1 Å². The van der Waals surface area contributed by atoms with Gasteiger partial charge in [0.1, 0.15) is 4.60 Å². The van der Waals surface area contributed by atoms with Crippen LogP contribution in [0.1, 0.15) is 6.92 Å². The summed E-state index contributed by atoms with van der Waals surface area (Å²) in [6.45, 7) is 6.77. The van der Waals surface area contributed by atoms with Crippen LogP contribution in [0.2, 0.25) is 0 Å². The molecule has 7 heteroatoms. The molecule has 1 atom stereocenters. The van der Waals surface area contributed by atoms with Crippen LogP contribution in [0.15, 0.2) is 23.2 Å². The fraction of sp³-hybridized carbons (Fsp3) is 0.538. The van der Waals surface area contributed by atoms with Gasteiger partial charge in [-0.25, -0.2) is 9.97 Å². The van der Waals surface area contributed by atoms with Crippen molar-refractivity contribution in [1.82, 2.24) is 19.3 Å². The Kier molecular flexibility index (Phi) is 4.18. The van der Waals surface area contributed by atoms with Gasteiger partial charge in [0.05, 0.1) is 12.7 Å². The molecular formula is C13H18BrN5O. The van der Waals surface area contributed by atoms with E-state index in [0.29, 0.717) is 0 Å². The van der Waals surface area contributed by atoms with Crippen LogP contribution in [-0.4, -0.2) is 58.2 Å². The molecule has 3 heterocycles. The summed E-state index contributed by atoms with van der Waals surface area (Å²) in [4.78, 5) is 11.2. The molecule has 1 saturated heterocycles. The molecule has 0 spiro atoms. The zero-order chi connectivity index (χ0) is 13.9. The maximum atomic E-state index is 5.78. The van der Waals surface area contributed by atoms with E-state index in [1.54, 1.807) is 6.20 Å². The number of nitrogens with one attached hydrogen (secondary N) is 1. The summed E-state index contributed by atoms with van der Waals surface area (Å²) >= 11 is 3.42. The van der Waals surface area contributed by atoms with Crippen LogP contribution < -0.4 is 5.32 Å². The third-order valence-corrected chi connectivity index (χ3v) is 3.89. The molecule has 2 aromatic rings. The largest absolute Gasteiger partial charge is 0.374 e. The predicted molar refractivity (Wildman–Crippen MR) is 81.0 cm³/mol. The number of fused-ring (bicyclic) bond motifs is 1. The van der Waals surface area contributed by atoms with Crippen molar-refractivity contribution in [3.63, 3.8) is 0 Å². The Labute approximate surface area is 126 Å². The van der Waals surface area contributed by atoms with Crippen LogP contribution in [0.4, 0.5) is 5.82 Å². The highest BCUT2D eigenvalue weighted by atomic mass is 79.9. The zero-order valence-electron chi connectivity index (χ0n) is 11.4. The van der Waals surface area contributed by atoms with Gasteiger partial charge in [0.25, 0.3) is 0 Å². The van der Waals surface area contributed by atoms with Gasteiger partial charge >= 0.3 is 0 Å². The number of anilines is 1. The van der Waals surface area contributed by atoms with Gasteiger partial charge in [-0.05, 0) is 22.5 Å². The number of nitrogens with zero attached hydrogens (tertiary/aromatic N) is 4. The maximum Gasteiger partial charge on any atom is 0.180 e. The van der Waals surface area contributed by atoms with Crippen LogP contribution in [0.5, 0.6) is 0 Å². The van der Waals surface area contributed by atoms with E-state index in [1.165, 1.54) is 0 Å². The molecule has 0 saturated carbocycles. The van der Waals surface area contributed by atoms with Crippen molar-refractivity contribution in [2.45, 2.75) is 13.0 Å². The molecule has 0 aromatic carbocycles. The fourth-order valence-electron chi connectivity index (χ4n) is 2.42. The summed E-state index contributed by atoms with van der Waals surface area (Å²) in [5, 5.41) is 3.35. The number of hydrogen-bond acceptors (Lipinski definition) is 5. The Morgan fingerprint density at radius 3 is 3.30 bits per heavy atom. The van der Waals surface area contributed by atoms with Gasteiger partial charge in [-0.15, -0.1) is 0 Å². The molecule has 2 aromatic heterocycles. The number of hydrogen-bond donors (Lipinski definition) is 1. The molecule has 0 radical (unpaired) electrons. The van der Waals surface area contributed by atoms with E-state index < -0.39 is 0 Å². The van der Waals surface area contributed by atoms with E-state index in [-0.39, 0.29) is 6.10 Å². The standard InChI is InChI=1S/C13H18BrN5O/c1-2-18-5-6-20-10(8-18)7-16-12-13-15-3-4-19(13)9-11(14)17-12/h3-4,9-10H,2,5-8H2,1H3,(H,16,17). The van der Waals surface area contributed by atoms with E-state index in [1.807, 2.05) is 16.8 Å². The minimum atomic E-state index is 0.194. The minimum Gasteiger partial charge on any atom is -0.374 e. The molecule has 1 aliphatic heterocycles. The molecule has 108 valence electrons. The fourth-order valence-corrected chi connectivity index (χ4v) is 2.82. The first kappa shape index (κ1) is 13.8. The molecule has 0 bridgehead atoms. The van der Waals surface area contributed by atoms with E-state index in [0.717, 1.165) is 48.9 Å². The lowest BCUT2D eigenvalue weighted by molar-refractivity contribution is -0.0192. The van der Waals surface area contributed by atoms with Crippen LogP contribution in [-0.2, 0) is 4.74 Å². The Bertz CT molecular complexity index is 587. The Morgan fingerprint density at radius 2 is 2.45 bits per heavy atom. The normalized spacial score (nSPS) is 20.4. The van der Waals surface area contributed by atoms with Crippen LogP contribution in [0.3, 0.4) is 0 Å². The van der Waals surface area contributed by atoms with Gasteiger partial charge in [-0.3, -0.25) is 4.90 Å². The van der Waals surface area contributed by atoms with Crippen molar-refractivity contribution in [3.8, 4) is 0 Å². The molecular weight excluding hydrogens is 322 g/mol. The molecule has 6 nitrogen and oxygen atoms in total. The van der Waals surface area contributed by atoms with Crippen LogP contribution >= 0.6 is 15.9 Å². The first-order valence-corrected chi connectivity index (χ1v) is 7.62. The number of morpholine rings is 1. The lowest BCUT2D eigenvalue weighted by atomic mass is 10.2. The van der Waals surface area contributed by atoms with Gasteiger partial charge in [0.2, 0.25) is 0 Å². The monoisotopic (exact) mass is 339 g/mol. The van der Waals surface area contributed by atoms with Crippen molar-refractivity contribution >= 4 is 27.4 Å². The second kappa shape index (κ2) is 6.07. The maximum absolute atomic E-state index is 5.78. The summed E-state index contributed by atoms with van der Waals surface area (Å²) in [5.74, 6) is 0.779. The lowest BCUT2D eigenvalue weighted by Gasteiger charge is -2.32. The van der Waals surface area contributed by atoms with Crippen molar-refractivity contribution in [3.05, 3.63) is 23.2 Å². The van der Waals surface area contributed by atoms with Gasteiger partial charge in [-0.2, -0.15) is 0 Å². The smallest absolute Gasteiger partial charge is 0.180 e. The van der Waals surface area contributed by atoms with E-state index in [4.69, 9.17) is 4.74 Å². The number of imidazole rings is 1. The summed E-state index contributed by atoms with van der Waals surface area (Å²) in [5.41, 5.74) is 0.830. The average molecular weight is 340 g/mol. The highest BCUT2D eigenvalue weighted by molar-refractivity contribution is 9.10. The molecule has 20 heavy (non-hydrogen) atoms. The molecule has 1 aliphatic rings. The van der Waals surface area contributed by atoms with E-state index in [2.05, 4.69) is 43.0 Å². The van der Waals surface area contributed by atoms with Crippen LogP contribution in [0, 0.1) is 0 Å². The molecule has 1 fully saturated rings. The molecule has 1 N–H and O–H groups in total. The number of rotatable bonds is 4. The quantitative estimate of drug-likeness (QED) is 0.917. The summed E-state index contributed by atoms with van der Waals surface area (Å²) in [6.07, 6.45) is 5.76. The molecule has 0 amide bonds.